The minimum atomic E-state index is -0.723. The van der Waals surface area contributed by atoms with E-state index in [9.17, 15) is 9.90 Å². The summed E-state index contributed by atoms with van der Waals surface area (Å²) >= 11 is 0. The van der Waals surface area contributed by atoms with E-state index in [-0.39, 0.29) is 5.91 Å². The molecule has 86 valence electrons. The van der Waals surface area contributed by atoms with Gasteiger partial charge < -0.3 is 10.0 Å². The maximum atomic E-state index is 12.1. The Bertz CT molecular complexity index is 412. The second kappa shape index (κ2) is 3.91. The third kappa shape index (κ3) is 2.25. The molecule has 1 N–H and O–H groups in total. The predicted octanol–water partition coefficient (Wildman–Crippen LogP) is 1.59. The molecule has 1 saturated heterocycles. The first-order valence-electron chi connectivity index (χ1n) is 5.56. The number of rotatable bonds is 1. The van der Waals surface area contributed by atoms with Gasteiger partial charge in [0.1, 0.15) is 0 Å². The van der Waals surface area contributed by atoms with Crippen molar-refractivity contribution in [3.8, 4) is 0 Å². The van der Waals surface area contributed by atoms with E-state index >= 15 is 0 Å². The number of hydrogen-bond acceptors (Lipinski definition) is 2. The second-order valence-corrected chi connectivity index (χ2v) is 4.84. The third-order valence-corrected chi connectivity index (χ3v) is 3.00. The summed E-state index contributed by atoms with van der Waals surface area (Å²) < 4.78 is 0. The van der Waals surface area contributed by atoms with Gasteiger partial charge in [-0.2, -0.15) is 0 Å². The summed E-state index contributed by atoms with van der Waals surface area (Å²) in [5.41, 5.74) is 1.06. The van der Waals surface area contributed by atoms with Gasteiger partial charge in [0.05, 0.1) is 5.60 Å². The molecule has 0 aliphatic carbocycles. The van der Waals surface area contributed by atoms with Gasteiger partial charge in [0.15, 0.2) is 0 Å². The van der Waals surface area contributed by atoms with Crippen molar-refractivity contribution in [2.75, 3.05) is 13.1 Å². The van der Waals surface area contributed by atoms with Crippen LogP contribution in [0.1, 0.15) is 29.3 Å². The standard InChI is InChI=1S/C13H17NO2/c1-10-4-3-5-11(8-10)12(15)14-7-6-13(2,16)9-14/h3-5,8,16H,6-7,9H2,1-2H3. The van der Waals surface area contributed by atoms with Gasteiger partial charge in [-0.25, -0.2) is 0 Å². The fourth-order valence-corrected chi connectivity index (χ4v) is 2.08. The SMILES string of the molecule is Cc1cccc(C(=O)N2CCC(C)(O)C2)c1. The lowest BCUT2D eigenvalue weighted by atomic mass is 10.1. The van der Waals surface area contributed by atoms with Gasteiger partial charge in [0.25, 0.3) is 5.91 Å². The second-order valence-electron chi connectivity index (χ2n) is 4.84. The summed E-state index contributed by atoms with van der Waals surface area (Å²) in [6.45, 7) is 4.81. The summed E-state index contributed by atoms with van der Waals surface area (Å²) in [5, 5.41) is 9.82. The third-order valence-electron chi connectivity index (χ3n) is 3.00. The minimum Gasteiger partial charge on any atom is -0.388 e. The van der Waals surface area contributed by atoms with Crippen molar-refractivity contribution >= 4 is 5.91 Å². The monoisotopic (exact) mass is 219 g/mol. The molecule has 3 nitrogen and oxygen atoms in total. The van der Waals surface area contributed by atoms with E-state index in [1.165, 1.54) is 0 Å². The molecule has 1 atom stereocenters. The van der Waals surface area contributed by atoms with Crippen molar-refractivity contribution in [2.45, 2.75) is 25.9 Å². The first-order chi connectivity index (χ1) is 7.48. The summed E-state index contributed by atoms with van der Waals surface area (Å²) in [7, 11) is 0. The number of likely N-dealkylation sites (tertiary alicyclic amines) is 1. The maximum absolute atomic E-state index is 12.1. The van der Waals surface area contributed by atoms with Crippen LogP contribution in [-0.2, 0) is 0 Å². The van der Waals surface area contributed by atoms with E-state index in [1.54, 1.807) is 11.8 Å². The number of benzene rings is 1. The van der Waals surface area contributed by atoms with Crippen LogP contribution in [0.4, 0.5) is 0 Å². The van der Waals surface area contributed by atoms with Gasteiger partial charge in [-0.3, -0.25) is 4.79 Å². The highest BCUT2D eigenvalue weighted by molar-refractivity contribution is 5.94. The molecular formula is C13H17NO2. The number of aliphatic hydroxyl groups is 1. The van der Waals surface area contributed by atoms with Crippen molar-refractivity contribution in [2.24, 2.45) is 0 Å². The molecule has 1 aliphatic heterocycles. The Kier molecular flexibility index (Phi) is 2.72. The van der Waals surface area contributed by atoms with Gasteiger partial charge in [0, 0.05) is 18.7 Å². The molecule has 0 aromatic heterocycles. The summed E-state index contributed by atoms with van der Waals surface area (Å²) in [4.78, 5) is 13.8. The highest BCUT2D eigenvalue weighted by atomic mass is 16.3. The van der Waals surface area contributed by atoms with Gasteiger partial charge in [-0.1, -0.05) is 17.7 Å². The van der Waals surface area contributed by atoms with Crippen LogP contribution in [0.15, 0.2) is 24.3 Å². The maximum Gasteiger partial charge on any atom is 0.253 e. The lowest BCUT2D eigenvalue weighted by molar-refractivity contribution is 0.0572. The zero-order valence-electron chi connectivity index (χ0n) is 9.73. The molecule has 1 aromatic rings. The lowest BCUT2D eigenvalue weighted by Crippen LogP contribution is -2.33. The normalized spacial score (nSPS) is 24.8. The lowest BCUT2D eigenvalue weighted by Gasteiger charge is -2.19. The van der Waals surface area contributed by atoms with Crippen LogP contribution in [0.2, 0.25) is 0 Å². The Balaban J connectivity index is 2.15. The van der Waals surface area contributed by atoms with Crippen LogP contribution in [0.25, 0.3) is 0 Å². The molecule has 0 saturated carbocycles. The molecule has 1 unspecified atom stereocenters. The zero-order valence-corrected chi connectivity index (χ0v) is 9.73. The smallest absolute Gasteiger partial charge is 0.253 e. The fourth-order valence-electron chi connectivity index (χ4n) is 2.08. The van der Waals surface area contributed by atoms with Crippen molar-refractivity contribution < 1.29 is 9.90 Å². The van der Waals surface area contributed by atoms with Gasteiger partial charge >= 0.3 is 0 Å². The zero-order chi connectivity index (χ0) is 11.8. The average Bonchev–Trinajstić information content (AvgIpc) is 2.58. The van der Waals surface area contributed by atoms with E-state index in [0.29, 0.717) is 25.1 Å². The minimum absolute atomic E-state index is 0.0153. The number of hydrogen-bond donors (Lipinski definition) is 1. The Morgan fingerprint density at radius 3 is 2.81 bits per heavy atom. The molecule has 2 rings (SSSR count). The first-order valence-corrected chi connectivity index (χ1v) is 5.56. The molecule has 1 amide bonds. The topological polar surface area (TPSA) is 40.5 Å². The molecular weight excluding hydrogens is 202 g/mol. The van der Waals surface area contributed by atoms with Crippen LogP contribution >= 0.6 is 0 Å². The van der Waals surface area contributed by atoms with Crippen molar-refractivity contribution in [3.63, 3.8) is 0 Å². The van der Waals surface area contributed by atoms with Crippen LogP contribution in [0, 0.1) is 6.92 Å². The summed E-state index contributed by atoms with van der Waals surface area (Å²) in [6, 6.07) is 7.56. The molecule has 1 fully saturated rings. The Morgan fingerprint density at radius 1 is 1.50 bits per heavy atom. The van der Waals surface area contributed by atoms with E-state index in [2.05, 4.69) is 0 Å². The highest BCUT2D eigenvalue weighted by Crippen LogP contribution is 2.22. The number of carbonyl (C=O) groups excluding carboxylic acids is 1. The molecule has 1 aromatic carbocycles. The number of nitrogens with zero attached hydrogens (tertiary/aromatic N) is 1. The number of aryl methyl sites for hydroxylation is 1. The van der Waals surface area contributed by atoms with E-state index in [0.717, 1.165) is 5.56 Å². The molecule has 1 aliphatic rings. The molecule has 0 bridgehead atoms. The van der Waals surface area contributed by atoms with Crippen LogP contribution in [-0.4, -0.2) is 34.6 Å². The Labute approximate surface area is 95.7 Å². The summed E-state index contributed by atoms with van der Waals surface area (Å²) in [5.74, 6) is 0.0153. The molecule has 0 spiro atoms. The van der Waals surface area contributed by atoms with Gasteiger partial charge in [-0.05, 0) is 32.4 Å². The van der Waals surface area contributed by atoms with Gasteiger partial charge in [0.2, 0.25) is 0 Å². The van der Waals surface area contributed by atoms with Crippen LogP contribution in [0.3, 0.4) is 0 Å². The fraction of sp³-hybridized carbons (Fsp3) is 0.462. The predicted molar refractivity (Wildman–Crippen MR) is 62.3 cm³/mol. The number of β-amino-alcohol motifs (C(OH)–C–C–N with tert-alkyl or cyclic N) is 1. The van der Waals surface area contributed by atoms with Gasteiger partial charge in [-0.15, -0.1) is 0 Å². The molecule has 0 radical (unpaired) electrons. The molecule has 16 heavy (non-hydrogen) atoms. The van der Waals surface area contributed by atoms with Crippen molar-refractivity contribution in [1.29, 1.82) is 0 Å². The summed E-state index contributed by atoms with van der Waals surface area (Å²) in [6.07, 6.45) is 0.657. The first kappa shape index (κ1) is 11.1. The van der Waals surface area contributed by atoms with Crippen molar-refractivity contribution in [1.82, 2.24) is 4.90 Å². The van der Waals surface area contributed by atoms with Crippen LogP contribution < -0.4 is 0 Å². The Hall–Kier alpha value is -1.35. The van der Waals surface area contributed by atoms with E-state index in [1.807, 2.05) is 31.2 Å². The Morgan fingerprint density at radius 2 is 2.25 bits per heavy atom. The molecule has 3 heteroatoms. The highest BCUT2D eigenvalue weighted by Gasteiger charge is 2.34. The average molecular weight is 219 g/mol. The largest absolute Gasteiger partial charge is 0.388 e. The number of carbonyl (C=O) groups is 1. The number of amides is 1. The van der Waals surface area contributed by atoms with E-state index in [4.69, 9.17) is 0 Å². The van der Waals surface area contributed by atoms with Crippen LogP contribution in [0.5, 0.6) is 0 Å². The van der Waals surface area contributed by atoms with Crippen molar-refractivity contribution in [3.05, 3.63) is 35.4 Å². The quantitative estimate of drug-likeness (QED) is 0.779. The molecule has 1 heterocycles. The van der Waals surface area contributed by atoms with E-state index < -0.39 is 5.60 Å².